The van der Waals surface area contributed by atoms with Crippen LogP contribution in [0.4, 0.5) is 4.79 Å². The smallest absolute Gasteiger partial charge is 0.350 e. The van der Waals surface area contributed by atoms with Crippen LogP contribution >= 0.6 is 0 Å². The lowest BCUT2D eigenvalue weighted by Gasteiger charge is -2.27. The Labute approximate surface area is 220 Å². The van der Waals surface area contributed by atoms with Gasteiger partial charge in [-0.15, -0.1) is 0 Å². The molecule has 1 aliphatic rings. The number of hydrogen-bond acceptors (Lipinski definition) is 2. The Balaban J connectivity index is 0.000000266. The number of carboxylic acid groups (broad SMARTS) is 1. The maximum Gasteiger partial charge on any atom is 0.350 e. The fraction of sp³-hybridized carbons (Fsp3) is 0.344. The van der Waals surface area contributed by atoms with E-state index in [4.69, 9.17) is 5.11 Å². The van der Waals surface area contributed by atoms with Crippen molar-refractivity contribution in [3.63, 3.8) is 0 Å². The van der Waals surface area contributed by atoms with E-state index in [0.717, 1.165) is 42.6 Å². The number of aromatic carboxylic acids is 1. The molecule has 2 amide bonds. The minimum Gasteiger partial charge on any atom is -0.478 e. The quantitative estimate of drug-likeness (QED) is 0.345. The van der Waals surface area contributed by atoms with E-state index >= 15 is 0 Å². The molecule has 0 radical (unpaired) electrons. The Morgan fingerprint density at radius 2 is 1.51 bits per heavy atom. The van der Waals surface area contributed by atoms with Crippen LogP contribution in [0.3, 0.4) is 0 Å². The molecule has 0 aliphatic carbocycles. The third kappa shape index (κ3) is 7.63. The molecule has 0 fully saturated rings. The Morgan fingerprint density at radius 3 is 2.08 bits per heavy atom. The SMILES string of the molecule is CCN1C(=O)N=C1CCCc1cccc(-c2cccc(C(=O)O)c2)c1.CCc1ccc(C(C)(C)C)cc1. The number of nitrogens with zero attached hydrogens (tertiary/aromatic N) is 2. The number of rotatable bonds is 8. The minimum atomic E-state index is -0.922. The number of amides is 2. The van der Waals surface area contributed by atoms with E-state index in [0.29, 0.717) is 6.54 Å². The normalized spacial score (nSPS) is 12.8. The summed E-state index contributed by atoms with van der Waals surface area (Å²) in [4.78, 5) is 28.1. The third-order valence-electron chi connectivity index (χ3n) is 6.55. The average molecular weight is 499 g/mol. The van der Waals surface area contributed by atoms with Crippen LogP contribution in [0.1, 0.15) is 74.5 Å². The van der Waals surface area contributed by atoms with Crippen LogP contribution < -0.4 is 0 Å². The summed E-state index contributed by atoms with van der Waals surface area (Å²) in [5.74, 6) is -0.0490. The average Bonchev–Trinajstić information content (AvgIpc) is 2.88. The van der Waals surface area contributed by atoms with E-state index < -0.39 is 5.97 Å². The number of hydrogen-bond donors (Lipinski definition) is 1. The maximum atomic E-state index is 11.3. The van der Waals surface area contributed by atoms with E-state index in [1.807, 2.05) is 25.1 Å². The summed E-state index contributed by atoms with van der Waals surface area (Å²) < 4.78 is 0. The molecule has 0 atom stereocenters. The highest BCUT2D eigenvalue weighted by molar-refractivity contribution is 6.11. The molecule has 194 valence electrons. The van der Waals surface area contributed by atoms with Gasteiger partial charge >= 0.3 is 12.0 Å². The Hall–Kier alpha value is -3.73. The van der Waals surface area contributed by atoms with Gasteiger partial charge in [0.15, 0.2) is 0 Å². The monoisotopic (exact) mass is 498 g/mol. The Bertz CT molecular complexity index is 1250. The van der Waals surface area contributed by atoms with Crippen LogP contribution in [-0.2, 0) is 18.3 Å². The fourth-order valence-electron chi connectivity index (χ4n) is 4.23. The molecule has 1 heterocycles. The lowest BCUT2D eigenvalue weighted by Crippen LogP contribution is -2.43. The standard InChI is InChI=1S/C20H20N2O3.C12H18/c1-2-22-18(21-20(22)25)11-4-7-14-6-3-8-15(12-14)16-9-5-10-17(13-16)19(23)24;1-5-10-6-8-11(9-7-10)12(2,3)4/h3,5-6,8-10,12-13H,2,4,7,11H2,1H3,(H,23,24);6-9H,5H2,1-4H3. The summed E-state index contributed by atoms with van der Waals surface area (Å²) in [7, 11) is 0. The number of urea groups is 1. The van der Waals surface area contributed by atoms with Crippen molar-refractivity contribution < 1.29 is 14.7 Å². The number of carbonyl (C=O) groups excluding carboxylic acids is 1. The first-order valence-electron chi connectivity index (χ1n) is 13.0. The maximum absolute atomic E-state index is 11.3. The largest absolute Gasteiger partial charge is 0.478 e. The van der Waals surface area contributed by atoms with Gasteiger partial charge in [-0.05, 0) is 71.6 Å². The van der Waals surface area contributed by atoms with Crippen LogP contribution in [0.25, 0.3) is 11.1 Å². The topological polar surface area (TPSA) is 70.0 Å². The fourth-order valence-corrected chi connectivity index (χ4v) is 4.23. The minimum absolute atomic E-state index is 0.141. The van der Waals surface area contributed by atoms with Crippen molar-refractivity contribution in [3.8, 4) is 11.1 Å². The van der Waals surface area contributed by atoms with Crippen molar-refractivity contribution >= 4 is 17.8 Å². The highest BCUT2D eigenvalue weighted by atomic mass is 16.4. The second-order valence-corrected chi connectivity index (χ2v) is 10.3. The molecule has 3 aromatic carbocycles. The van der Waals surface area contributed by atoms with Gasteiger partial charge in [-0.1, -0.05) is 88.4 Å². The number of aryl methyl sites for hydroxylation is 2. The van der Waals surface area contributed by atoms with Gasteiger partial charge in [-0.2, -0.15) is 4.99 Å². The van der Waals surface area contributed by atoms with E-state index in [1.165, 1.54) is 16.7 Å². The van der Waals surface area contributed by atoms with Gasteiger partial charge < -0.3 is 5.11 Å². The lowest BCUT2D eigenvalue weighted by molar-refractivity contribution is 0.0697. The van der Waals surface area contributed by atoms with E-state index in [1.54, 1.807) is 23.1 Å². The van der Waals surface area contributed by atoms with Crippen molar-refractivity contribution in [2.45, 2.75) is 65.7 Å². The van der Waals surface area contributed by atoms with E-state index in [-0.39, 0.29) is 17.0 Å². The second kappa shape index (κ2) is 12.5. The third-order valence-corrected chi connectivity index (χ3v) is 6.55. The van der Waals surface area contributed by atoms with Gasteiger partial charge in [0, 0.05) is 13.0 Å². The number of aliphatic imine (C=N–C) groups is 1. The molecule has 5 heteroatoms. The summed E-state index contributed by atoms with van der Waals surface area (Å²) in [5.41, 5.74) is 6.50. The first-order chi connectivity index (χ1) is 17.6. The molecule has 0 unspecified atom stereocenters. The molecule has 0 aromatic heterocycles. The molecule has 1 aliphatic heterocycles. The summed E-state index contributed by atoms with van der Waals surface area (Å²) in [6, 6.07) is 23.9. The van der Waals surface area contributed by atoms with Gasteiger partial charge in [0.25, 0.3) is 0 Å². The molecule has 5 nitrogen and oxygen atoms in total. The predicted molar refractivity (Wildman–Crippen MR) is 152 cm³/mol. The molecule has 0 bridgehead atoms. The summed E-state index contributed by atoms with van der Waals surface area (Å²) in [6.45, 7) is 11.5. The predicted octanol–water partition coefficient (Wildman–Crippen LogP) is 7.78. The first kappa shape index (κ1) is 27.9. The summed E-state index contributed by atoms with van der Waals surface area (Å²) >= 11 is 0. The zero-order valence-corrected chi connectivity index (χ0v) is 22.6. The number of benzene rings is 3. The summed E-state index contributed by atoms with van der Waals surface area (Å²) in [5, 5.41) is 9.13. The van der Waals surface area contributed by atoms with Crippen molar-refractivity contribution in [3.05, 3.63) is 95.1 Å². The van der Waals surface area contributed by atoms with Crippen molar-refractivity contribution in [1.29, 1.82) is 0 Å². The van der Waals surface area contributed by atoms with Crippen LogP contribution in [0, 0.1) is 0 Å². The molecule has 4 rings (SSSR count). The molecule has 3 aromatic rings. The van der Waals surface area contributed by atoms with Gasteiger partial charge in [-0.25, -0.2) is 9.59 Å². The van der Waals surface area contributed by atoms with E-state index in [2.05, 4.69) is 69.1 Å². The zero-order valence-electron chi connectivity index (χ0n) is 22.6. The second-order valence-electron chi connectivity index (χ2n) is 10.3. The van der Waals surface area contributed by atoms with Gasteiger partial charge in [-0.3, -0.25) is 4.90 Å². The molecule has 0 saturated carbocycles. The lowest BCUT2D eigenvalue weighted by atomic mass is 9.86. The van der Waals surface area contributed by atoms with Gasteiger partial charge in [0.05, 0.1) is 5.56 Å². The van der Waals surface area contributed by atoms with Crippen LogP contribution in [0.15, 0.2) is 77.8 Å². The highest BCUT2D eigenvalue weighted by Crippen LogP contribution is 2.24. The van der Waals surface area contributed by atoms with Crippen LogP contribution in [-0.4, -0.2) is 34.4 Å². The Morgan fingerprint density at radius 1 is 0.865 bits per heavy atom. The first-order valence-corrected chi connectivity index (χ1v) is 13.0. The molecular formula is C32H38N2O3. The number of carboxylic acids is 1. The van der Waals surface area contributed by atoms with Crippen molar-refractivity contribution in [1.82, 2.24) is 4.90 Å². The Kier molecular flexibility index (Phi) is 9.40. The van der Waals surface area contributed by atoms with E-state index in [9.17, 15) is 9.59 Å². The summed E-state index contributed by atoms with van der Waals surface area (Å²) in [6.07, 6.45) is 3.72. The zero-order chi connectivity index (χ0) is 27.0. The van der Waals surface area contributed by atoms with Crippen LogP contribution in [0.2, 0.25) is 0 Å². The highest BCUT2D eigenvalue weighted by Gasteiger charge is 2.26. The molecular weight excluding hydrogens is 460 g/mol. The van der Waals surface area contributed by atoms with Crippen molar-refractivity contribution in [2.75, 3.05) is 6.54 Å². The molecule has 1 N–H and O–H groups in total. The molecule has 37 heavy (non-hydrogen) atoms. The van der Waals surface area contributed by atoms with Gasteiger partial charge in [0.2, 0.25) is 0 Å². The molecule has 0 spiro atoms. The van der Waals surface area contributed by atoms with Crippen molar-refractivity contribution in [2.24, 2.45) is 4.99 Å². The number of amidine groups is 1. The van der Waals surface area contributed by atoms with Crippen LogP contribution in [0.5, 0.6) is 0 Å². The molecule has 0 saturated heterocycles. The number of carbonyl (C=O) groups is 2. The van der Waals surface area contributed by atoms with Gasteiger partial charge in [0.1, 0.15) is 5.84 Å².